The number of benzene rings is 1. The number of nitrogens with zero attached hydrogens (tertiary/aromatic N) is 4. The summed E-state index contributed by atoms with van der Waals surface area (Å²) in [6, 6.07) is 7.98. The van der Waals surface area contributed by atoms with Crippen LogP contribution in [0.3, 0.4) is 0 Å². The Morgan fingerprint density at radius 3 is 2.33 bits per heavy atom. The summed E-state index contributed by atoms with van der Waals surface area (Å²) in [6.07, 6.45) is 4.88. The molecular formula is C34H67N7O2. The molecular weight excluding hydrogens is 538 g/mol. The number of hydrogen-bond acceptors (Lipinski definition) is 7. The maximum Gasteiger partial charge on any atom is 0.226 e. The van der Waals surface area contributed by atoms with Crippen LogP contribution in [0.2, 0.25) is 0 Å². The van der Waals surface area contributed by atoms with E-state index in [0.717, 1.165) is 67.8 Å². The van der Waals surface area contributed by atoms with Crippen LogP contribution in [-0.2, 0) is 9.53 Å². The van der Waals surface area contributed by atoms with Gasteiger partial charge in [0.15, 0.2) is 0 Å². The van der Waals surface area contributed by atoms with Crippen molar-refractivity contribution < 1.29 is 12.4 Å². The maximum absolute atomic E-state index is 11.7. The molecule has 9 heteroatoms. The van der Waals surface area contributed by atoms with Crippen LogP contribution in [0, 0.1) is 11.3 Å². The number of rotatable bonds is 10. The fourth-order valence-corrected chi connectivity index (χ4v) is 4.92. The van der Waals surface area contributed by atoms with Crippen LogP contribution < -0.4 is 20.9 Å². The lowest BCUT2D eigenvalue weighted by molar-refractivity contribution is -0.119. The predicted molar refractivity (Wildman–Crippen MR) is 192 cm³/mol. The third-order valence-corrected chi connectivity index (χ3v) is 7.48. The Morgan fingerprint density at radius 2 is 1.81 bits per heavy atom. The molecule has 2 saturated heterocycles. The number of amides is 1. The van der Waals surface area contributed by atoms with Gasteiger partial charge in [0.1, 0.15) is 11.7 Å². The molecule has 0 radical (unpaired) electrons. The Hall–Kier alpha value is -2.75. The monoisotopic (exact) mass is 606 g/mol. The van der Waals surface area contributed by atoms with Crippen molar-refractivity contribution in [2.24, 2.45) is 21.3 Å². The number of likely N-dealkylation sites (tertiary alicyclic amines) is 1. The zero-order valence-electron chi connectivity index (χ0n) is 29.4. The van der Waals surface area contributed by atoms with Gasteiger partial charge in [-0.05, 0) is 64.5 Å². The zero-order chi connectivity index (χ0) is 32.8. The van der Waals surface area contributed by atoms with E-state index in [1.807, 2.05) is 84.0 Å². The molecule has 3 rings (SSSR count). The van der Waals surface area contributed by atoms with E-state index in [1.165, 1.54) is 0 Å². The molecule has 2 aliphatic rings. The van der Waals surface area contributed by atoms with Crippen molar-refractivity contribution in [2.75, 3.05) is 70.9 Å². The standard InChI is InChI=1S/C18H35N5O.C12H16N2O.2C2H6.2H2/c1-8-16(10-19-6)22-15(4)23-11-18(5,12-24-7)14(3)17(23)21-13-20-9-2;1-13-10-5-7-11(8-6-10)14-9-3-2-4-12(14)15;2*1-2;;/h8,14,19-20H,9-13H2,1-7H3;5-8,13H,2-4,9H2,1H3;2*1-2H3;2*1H/b16-8-,21-17+,22-15?;;;;;/t14?,18-;;;;;/m1...../s1. The highest BCUT2D eigenvalue weighted by Gasteiger charge is 2.45. The van der Waals surface area contributed by atoms with E-state index in [-0.39, 0.29) is 14.2 Å². The smallest absolute Gasteiger partial charge is 0.226 e. The molecule has 1 unspecified atom stereocenters. The Bertz CT molecular complexity index is 1000. The number of carbonyl (C=O) groups excluding carboxylic acids is 1. The third kappa shape index (κ3) is 12.8. The van der Waals surface area contributed by atoms with Crippen LogP contribution in [0.1, 0.15) is 84.4 Å². The summed E-state index contributed by atoms with van der Waals surface area (Å²) in [5, 5.41) is 9.50. The van der Waals surface area contributed by atoms with Crippen molar-refractivity contribution >= 4 is 29.0 Å². The molecule has 250 valence electrons. The number of carbonyl (C=O) groups is 1. The Labute approximate surface area is 266 Å². The largest absolute Gasteiger partial charge is 0.388 e. The molecule has 0 bridgehead atoms. The molecule has 1 aromatic carbocycles. The summed E-state index contributed by atoms with van der Waals surface area (Å²) in [5.74, 6) is 2.65. The van der Waals surface area contributed by atoms with Gasteiger partial charge in [-0.2, -0.15) is 0 Å². The van der Waals surface area contributed by atoms with Crippen molar-refractivity contribution in [3.8, 4) is 0 Å². The number of aliphatic imine (C=N–C) groups is 2. The van der Waals surface area contributed by atoms with Crippen molar-refractivity contribution in [3.05, 3.63) is 36.0 Å². The summed E-state index contributed by atoms with van der Waals surface area (Å²) < 4.78 is 5.48. The highest BCUT2D eigenvalue weighted by Crippen LogP contribution is 2.38. The summed E-state index contributed by atoms with van der Waals surface area (Å²) in [7, 11) is 5.59. The molecule has 0 spiro atoms. The van der Waals surface area contributed by atoms with Crippen molar-refractivity contribution in [2.45, 2.75) is 81.6 Å². The number of ether oxygens (including phenoxy) is 1. The van der Waals surface area contributed by atoms with Crippen LogP contribution in [0.15, 0.2) is 46.0 Å². The van der Waals surface area contributed by atoms with E-state index >= 15 is 0 Å². The van der Waals surface area contributed by atoms with E-state index in [4.69, 9.17) is 14.7 Å². The van der Waals surface area contributed by atoms with Crippen molar-refractivity contribution in [1.82, 2.24) is 15.5 Å². The molecule has 2 aliphatic heterocycles. The number of piperidine rings is 1. The topological polar surface area (TPSA) is 93.6 Å². The fourth-order valence-electron chi connectivity index (χ4n) is 4.92. The highest BCUT2D eigenvalue weighted by molar-refractivity contribution is 6.03. The lowest BCUT2D eigenvalue weighted by Gasteiger charge is -2.26. The van der Waals surface area contributed by atoms with Crippen LogP contribution in [0.4, 0.5) is 11.4 Å². The lowest BCUT2D eigenvalue weighted by Crippen LogP contribution is -2.35. The number of anilines is 2. The minimum absolute atomic E-state index is 0. The van der Waals surface area contributed by atoms with E-state index in [2.05, 4.69) is 48.5 Å². The molecule has 0 aromatic heterocycles. The van der Waals surface area contributed by atoms with Crippen molar-refractivity contribution in [3.63, 3.8) is 0 Å². The number of allylic oxidation sites excluding steroid dienone is 1. The van der Waals surface area contributed by atoms with Crippen LogP contribution in [0.25, 0.3) is 0 Å². The number of methoxy groups -OCH3 is 1. The molecule has 9 nitrogen and oxygen atoms in total. The maximum atomic E-state index is 11.7. The van der Waals surface area contributed by atoms with Gasteiger partial charge in [0.2, 0.25) is 5.91 Å². The second kappa shape index (κ2) is 22.7. The van der Waals surface area contributed by atoms with E-state index in [9.17, 15) is 4.79 Å². The second-order valence-electron chi connectivity index (χ2n) is 10.4. The van der Waals surface area contributed by atoms with Gasteiger partial charge in [0.25, 0.3) is 0 Å². The average molecular weight is 606 g/mol. The molecule has 0 saturated carbocycles. The van der Waals surface area contributed by atoms with E-state index in [1.54, 1.807) is 7.11 Å². The number of amidine groups is 2. The van der Waals surface area contributed by atoms with E-state index < -0.39 is 0 Å². The molecule has 0 aliphatic carbocycles. The Morgan fingerprint density at radius 1 is 1.16 bits per heavy atom. The minimum atomic E-state index is 0. The van der Waals surface area contributed by atoms with Crippen LogP contribution in [-0.4, -0.2) is 83.1 Å². The third-order valence-electron chi connectivity index (χ3n) is 7.48. The number of hydrogen-bond donors (Lipinski definition) is 3. The molecule has 1 amide bonds. The van der Waals surface area contributed by atoms with Gasteiger partial charge < -0.3 is 25.2 Å². The molecule has 43 heavy (non-hydrogen) atoms. The summed E-state index contributed by atoms with van der Waals surface area (Å²) >= 11 is 0. The molecule has 2 atom stereocenters. The summed E-state index contributed by atoms with van der Waals surface area (Å²) in [4.78, 5) is 25.4. The van der Waals surface area contributed by atoms with Crippen LogP contribution in [0.5, 0.6) is 0 Å². The Kier molecular flexibility index (Phi) is 21.3. The molecule has 3 N–H and O–H groups in total. The van der Waals surface area contributed by atoms with Gasteiger partial charge >= 0.3 is 0 Å². The van der Waals surface area contributed by atoms with Gasteiger partial charge in [-0.3, -0.25) is 15.1 Å². The second-order valence-corrected chi connectivity index (χ2v) is 10.4. The number of likely N-dealkylation sites (N-methyl/N-ethyl adjacent to an activating group) is 1. The summed E-state index contributed by atoms with van der Waals surface area (Å²) in [5.41, 5.74) is 3.16. The van der Waals surface area contributed by atoms with Crippen molar-refractivity contribution in [1.29, 1.82) is 0 Å². The first-order chi connectivity index (χ1) is 20.7. The van der Waals surface area contributed by atoms with Crippen LogP contribution >= 0.6 is 0 Å². The first-order valence-electron chi connectivity index (χ1n) is 16.2. The molecule has 1 aromatic rings. The molecule has 2 heterocycles. The number of nitrogens with one attached hydrogen (secondary N) is 3. The normalized spacial score (nSPS) is 21.3. The highest BCUT2D eigenvalue weighted by atomic mass is 16.5. The first kappa shape index (κ1) is 40.2. The van der Waals surface area contributed by atoms with Gasteiger partial charge in [-0.15, -0.1) is 0 Å². The van der Waals surface area contributed by atoms with Gasteiger partial charge in [-0.1, -0.05) is 54.5 Å². The average Bonchev–Trinajstić information content (AvgIpc) is 3.29. The SMILES string of the molecule is C/C=C(/CNC)N=C(C)N1C[C@](C)(COC)C(C)/C1=N\CNCC.CC.CC.CNc1ccc(N2CCCCC2=O)cc1.[HH].[HH]. The zero-order valence-corrected chi connectivity index (χ0v) is 29.4. The quantitative estimate of drug-likeness (QED) is 0.153. The lowest BCUT2D eigenvalue weighted by atomic mass is 9.81. The van der Waals surface area contributed by atoms with Gasteiger partial charge in [0, 0.05) is 65.8 Å². The van der Waals surface area contributed by atoms with Gasteiger partial charge in [0.05, 0.1) is 19.0 Å². The fraction of sp³-hybridized carbons (Fsp3) is 0.676. The first-order valence-corrected chi connectivity index (χ1v) is 16.2. The summed E-state index contributed by atoms with van der Waals surface area (Å²) in [6.45, 7) is 23.4. The Balaban J connectivity index is -0.000000724. The molecule has 2 fully saturated rings. The minimum Gasteiger partial charge on any atom is -0.388 e. The van der Waals surface area contributed by atoms with E-state index in [0.29, 0.717) is 25.6 Å². The predicted octanol–water partition coefficient (Wildman–Crippen LogP) is 6.89. The van der Waals surface area contributed by atoms with Gasteiger partial charge in [-0.25, -0.2) is 4.99 Å².